The highest BCUT2D eigenvalue weighted by Crippen LogP contribution is 2.29. The number of carboxylic acids is 1. The Labute approximate surface area is 189 Å². The minimum atomic E-state index is -1.04. The molecule has 170 valence electrons. The monoisotopic (exact) mass is 459 g/mol. The smallest absolute Gasteiger partial charge is 0.312 e. The molecule has 3 rings (SSSR count). The van der Waals surface area contributed by atoms with Crippen LogP contribution in [0.25, 0.3) is 0 Å². The first-order chi connectivity index (χ1) is 15.4. The first-order valence-electron chi connectivity index (χ1n) is 10.1. The molecule has 1 saturated heterocycles. The third kappa shape index (κ3) is 5.82. The molecular weight excluding hydrogens is 434 g/mol. The number of aliphatic carboxylic acids is 1. The van der Waals surface area contributed by atoms with Crippen molar-refractivity contribution in [1.82, 2.24) is 14.8 Å². The van der Waals surface area contributed by atoms with Gasteiger partial charge >= 0.3 is 17.8 Å². The number of nitrogens with two attached hydrogens (primary N) is 1. The van der Waals surface area contributed by atoms with Crippen molar-refractivity contribution < 1.29 is 24.2 Å². The van der Waals surface area contributed by atoms with Gasteiger partial charge in [-0.1, -0.05) is 0 Å². The summed E-state index contributed by atoms with van der Waals surface area (Å²) in [6.07, 6.45) is 2.62. The van der Waals surface area contributed by atoms with E-state index in [0.29, 0.717) is 48.7 Å². The minimum absolute atomic E-state index is 0.00259. The second kappa shape index (κ2) is 10.7. The van der Waals surface area contributed by atoms with Crippen LogP contribution in [-0.2, 0) is 14.4 Å². The van der Waals surface area contributed by atoms with Gasteiger partial charge in [0.25, 0.3) is 0 Å². The molecule has 0 bridgehead atoms. The van der Waals surface area contributed by atoms with E-state index < -0.39 is 23.8 Å². The van der Waals surface area contributed by atoms with Crippen LogP contribution < -0.4 is 10.5 Å². The molecule has 10 nitrogen and oxygen atoms in total. The third-order valence-electron chi connectivity index (χ3n) is 5.12. The Morgan fingerprint density at radius 3 is 2.59 bits per heavy atom. The normalized spacial score (nSPS) is 15.0. The van der Waals surface area contributed by atoms with Gasteiger partial charge in [0.2, 0.25) is 0 Å². The lowest BCUT2D eigenvalue weighted by molar-refractivity contribution is -0.159. The summed E-state index contributed by atoms with van der Waals surface area (Å²) in [6.45, 7) is 1.51. The van der Waals surface area contributed by atoms with E-state index in [0.717, 1.165) is 0 Å². The van der Waals surface area contributed by atoms with Gasteiger partial charge in [0.1, 0.15) is 11.6 Å². The van der Waals surface area contributed by atoms with Gasteiger partial charge in [-0.2, -0.15) is 0 Å². The van der Waals surface area contributed by atoms with E-state index in [9.17, 15) is 19.5 Å². The molecule has 0 radical (unpaired) electrons. The van der Waals surface area contributed by atoms with Crippen molar-refractivity contribution >= 4 is 35.0 Å². The van der Waals surface area contributed by atoms with Crippen LogP contribution in [0.15, 0.2) is 36.0 Å². The Balaban J connectivity index is 1.46. The molecule has 0 saturated carbocycles. The van der Waals surface area contributed by atoms with Crippen molar-refractivity contribution in [2.45, 2.75) is 25.3 Å². The highest BCUT2D eigenvalue weighted by molar-refractivity contribution is 7.09. The summed E-state index contributed by atoms with van der Waals surface area (Å²) in [4.78, 5) is 44.0. The number of unbranched alkanes of at least 4 members (excludes halogenated alkanes) is 1. The average Bonchev–Trinajstić information content (AvgIpc) is 3.30. The van der Waals surface area contributed by atoms with Gasteiger partial charge in [-0.05, 0) is 37.1 Å². The van der Waals surface area contributed by atoms with Crippen LogP contribution in [0, 0.1) is 5.41 Å². The number of benzene rings is 1. The Morgan fingerprint density at radius 2 is 1.97 bits per heavy atom. The summed E-state index contributed by atoms with van der Waals surface area (Å²) in [7, 11) is 0. The second-order valence-electron chi connectivity index (χ2n) is 7.30. The van der Waals surface area contributed by atoms with Crippen molar-refractivity contribution in [2.75, 3.05) is 26.2 Å². The highest BCUT2D eigenvalue weighted by Gasteiger charge is 2.38. The van der Waals surface area contributed by atoms with Crippen molar-refractivity contribution in [3.8, 4) is 5.75 Å². The zero-order valence-corrected chi connectivity index (χ0v) is 18.2. The van der Waals surface area contributed by atoms with E-state index in [2.05, 4.69) is 4.98 Å². The van der Waals surface area contributed by atoms with Crippen LogP contribution >= 0.6 is 11.3 Å². The number of ether oxygens (including phenoxy) is 1. The molecule has 2 heterocycles. The standard InChI is InChI=1S/C21H25N5O5S/c22-19(23)14-3-5-15(6-4-14)31-10-2-1-7-25-8-9-26(21(30)20(25)29)16(11-18(27)28)17-12-24-13-32-17/h3-6,12-13,16H,1-2,7-11H2,(H3,22,23)(H,27,28). The lowest BCUT2D eigenvalue weighted by Crippen LogP contribution is -2.55. The summed E-state index contributed by atoms with van der Waals surface area (Å²) in [5, 5.41) is 16.6. The summed E-state index contributed by atoms with van der Waals surface area (Å²) in [6, 6.07) is 6.22. The number of hydrogen-bond donors (Lipinski definition) is 3. The summed E-state index contributed by atoms with van der Waals surface area (Å²) in [5.74, 6) is -1.67. The zero-order valence-electron chi connectivity index (χ0n) is 17.4. The van der Waals surface area contributed by atoms with E-state index in [1.807, 2.05) is 0 Å². The quantitative estimate of drug-likeness (QED) is 0.199. The number of carbonyl (C=O) groups is 3. The predicted molar refractivity (Wildman–Crippen MR) is 118 cm³/mol. The molecule has 1 aliphatic rings. The lowest BCUT2D eigenvalue weighted by atomic mass is 10.1. The summed E-state index contributed by atoms with van der Waals surface area (Å²) in [5.41, 5.74) is 7.62. The fourth-order valence-electron chi connectivity index (χ4n) is 3.45. The third-order valence-corrected chi connectivity index (χ3v) is 6.00. The number of rotatable bonds is 11. The number of nitrogen functional groups attached to an aromatic ring is 1. The number of amides is 2. The molecule has 1 aliphatic heterocycles. The molecule has 1 fully saturated rings. The van der Waals surface area contributed by atoms with Gasteiger partial charge in [-0.15, -0.1) is 11.3 Å². The maximum Gasteiger partial charge on any atom is 0.312 e. The van der Waals surface area contributed by atoms with E-state index >= 15 is 0 Å². The number of nitrogens with zero attached hydrogens (tertiary/aromatic N) is 3. The number of nitrogens with one attached hydrogen (secondary N) is 1. The zero-order chi connectivity index (χ0) is 23.1. The van der Waals surface area contributed by atoms with Crippen LogP contribution in [0.2, 0.25) is 0 Å². The molecule has 0 aliphatic carbocycles. The van der Waals surface area contributed by atoms with Crippen molar-refractivity contribution in [3.63, 3.8) is 0 Å². The maximum absolute atomic E-state index is 12.7. The summed E-state index contributed by atoms with van der Waals surface area (Å²) >= 11 is 1.27. The number of aromatic nitrogens is 1. The molecule has 1 atom stereocenters. The molecule has 1 unspecified atom stereocenters. The number of hydrogen-bond acceptors (Lipinski definition) is 7. The van der Waals surface area contributed by atoms with Gasteiger partial charge in [-0.3, -0.25) is 24.8 Å². The van der Waals surface area contributed by atoms with E-state index in [1.54, 1.807) is 29.8 Å². The van der Waals surface area contributed by atoms with Crippen LogP contribution in [-0.4, -0.2) is 69.8 Å². The molecule has 4 N–H and O–H groups in total. The number of thiazole rings is 1. The van der Waals surface area contributed by atoms with Crippen molar-refractivity contribution in [2.24, 2.45) is 5.73 Å². The molecule has 32 heavy (non-hydrogen) atoms. The van der Waals surface area contributed by atoms with Gasteiger partial charge in [0.05, 0.1) is 24.6 Å². The Hall–Kier alpha value is -3.47. The molecule has 1 aromatic heterocycles. The van der Waals surface area contributed by atoms with Gasteiger partial charge < -0.3 is 25.4 Å². The molecule has 0 spiro atoms. The molecular formula is C21H25N5O5S. The van der Waals surface area contributed by atoms with E-state index in [1.165, 1.54) is 27.3 Å². The fraction of sp³-hybridized carbons (Fsp3) is 0.381. The maximum atomic E-state index is 12.7. The minimum Gasteiger partial charge on any atom is -0.494 e. The largest absolute Gasteiger partial charge is 0.494 e. The molecule has 11 heteroatoms. The first-order valence-corrected chi connectivity index (χ1v) is 11.0. The van der Waals surface area contributed by atoms with E-state index in [4.69, 9.17) is 15.9 Å². The SMILES string of the molecule is N=C(N)c1ccc(OCCCCN2CCN(C(CC(=O)O)c3cncs3)C(=O)C2=O)cc1. The fourth-order valence-corrected chi connectivity index (χ4v) is 4.18. The van der Waals surface area contributed by atoms with Crippen LogP contribution in [0.4, 0.5) is 0 Å². The molecule has 2 aromatic rings. The van der Waals surface area contributed by atoms with Crippen LogP contribution in [0.5, 0.6) is 5.75 Å². The number of amidine groups is 1. The van der Waals surface area contributed by atoms with Gasteiger partial charge in [0, 0.05) is 36.3 Å². The first kappa shape index (κ1) is 23.2. The van der Waals surface area contributed by atoms with E-state index in [-0.39, 0.29) is 18.8 Å². The van der Waals surface area contributed by atoms with Gasteiger partial charge in [0.15, 0.2) is 0 Å². The van der Waals surface area contributed by atoms with Crippen molar-refractivity contribution in [1.29, 1.82) is 5.41 Å². The number of carbonyl (C=O) groups excluding carboxylic acids is 2. The summed E-state index contributed by atoms with van der Waals surface area (Å²) < 4.78 is 5.65. The second-order valence-corrected chi connectivity index (χ2v) is 8.22. The number of piperazine rings is 1. The van der Waals surface area contributed by atoms with Crippen LogP contribution in [0.1, 0.15) is 35.7 Å². The molecule has 2 amide bonds. The molecule has 1 aromatic carbocycles. The lowest BCUT2D eigenvalue weighted by Gasteiger charge is -2.37. The average molecular weight is 460 g/mol. The Morgan fingerprint density at radius 1 is 1.22 bits per heavy atom. The topological polar surface area (TPSA) is 150 Å². The highest BCUT2D eigenvalue weighted by atomic mass is 32.1. The number of carboxylic acid groups (broad SMARTS) is 1. The predicted octanol–water partition coefficient (Wildman–Crippen LogP) is 1.47. The van der Waals surface area contributed by atoms with Gasteiger partial charge in [-0.25, -0.2) is 0 Å². The Bertz CT molecular complexity index is 963. The Kier molecular flexibility index (Phi) is 7.77. The van der Waals surface area contributed by atoms with Crippen molar-refractivity contribution in [3.05, 3.63) is 46.4 Å². The van der Waals surface area contributed by atoms with Crippen LogP contribution in [0.3, 0.4) is 0 Å².